The van der Waals surface area contributed by atoms with Gasteiger partial charge in [-0.15, -0.1) is 0 Å². The molecule has 0 atom stereocenters. The Balaban J connectivity index is 1.69. The molecule has 2 aromatic heterocycles. The number of nitriles is 1. The number of anilines is 2. The molecular weight excluding hydrogens is 488 g/mol. The van der Waals surface area contributed by atoms with Crippen molar-refractivity contribution in [2.75, 3.05) is 17.6 Å². The third-order valence-electron chi connectivity index (χ3n) is 5.07. The number of benzene rings is 1. The van der Waals surface area contributed by atoms with Crippen LogP contribution in [0, 0.1) is 11.3 Å². The van der Waals surface area contributed by atoms with Gasteiger partial charge in [-0.1, -0.05) is 30.0 Å². The lowest BCUT2D eigenvalue weighted by atomic mass is 10.1. The number of rotatable bonds is 10. The number of nitrogens with two attached hydrogens (primary N) is 2. The first-order chi connectivity index (χ1) is 17.5. The maximum Gasteiger partial charge on any atom is 0.221 e. The Hall–Kier alpha value is -4.01. The van der Waals surface area contributed by atoms with E-state index in [1.165, 1.54) is 18.7 Å². The van der Waals surface area contributed by atoms with Crippen molar-refractivity contribution < 1.29 is 9.59 Å². The SMILES string of the molecule is CC(=O)Nc1ccc(-c2nc(SCc3cccc(CCC(=O)NCC(C)(C)N)n3)nc(N)c2C#N)cc1. The number of aromatic nitrogens is 3. The number of aryl methyl sites for hydroxylation is 1. The molecule has 0 saturated heterocycles. The van der Waals surface area contributed by atoms with E-state index in [4.69, 9.17) is 11.5 Å². The normalized spacial score (nSPS) is 11.0. The Morgan fingerprint density at radius 3 is 2.43 bits per heavy atom. The zero-order chi connectivity index (χ0) is 27.0. The van der Waals surface area contributed by atoms with Crippen LogP contribution in [-0.4, -0.2) is 38.8 Å². The van der Waals surface area contributed by atoms with Crippen molar-refractivity contribution in [3.63, 3.8) is 0 Å². The number of amides is 2. The molecule has 0 unspecified atom stereocenters. The first-order valence-corrected chi connectivity index (χ1v) is 12.6. The average Bonchev–Trinajstić information content (AvgIpc) is 2.84. The maximum atomic E-state index is 12.1. The largest absolute Gasteiger partial charge is 0.382 e. The molecule has 2 heterocycles. The van der Waals surface area contributed by atoms with Gasteiger partial charge in [0.1, 0.15) is 17.5 Å². The van der Waals surface area contributed by atoms with Crippen LogP contribution in [0.3, 0.4) is 0 Å². The molecule has 6 N–H and O–H groups in total. The Bertz CT molecular complexity index is 1310. The number of hydrogen-bond donors (Lipinski definition) is 4. The highest BCUT2D eigenvalue weighted by atomic mass is 32.2. The van der Waals surface area contributed by atoms with Crippen LogP contribution in [0.1, 0.15) is 44.1 Å². The smallest absolute Gasteiger partial charge is 0.221 e. The number of thioether (sulfide) groups is 1. The van der Waals surface area contributed by atoms with Gasteiger partial charge in [0.25, 0.3) is 0 Å². The molecule has 2 amide bonds. The molecule has 0 saturated carbocycles. The molecule has 3 rings (SSSR count). The molecule has 0 aliphatic carbocycles. The number of nitrogens with one attached hydrogen (secondary N) is 2. The highest BCUT2D eigenvalue weighted by Gasteiger charge is 2.16. The summed E-state index contributed by atoms with van der Waals surface area (Å²) in [6.07, 6.45) is 0.827. The van der Waals surface area contributed by atoms with Crippen molar-refractivity contribution >= 4 is 35.1 Å². The third-order valence-corrected chi connectivity index (χ3v) is 5.95. The summed E-state index contributed by atoms with van der Waals surface area (Å²) < 4.78 is 0. The molecule has 0 fully saturated rings. The molecule has 3 aromatic rings. The van der Waals surface area contributed by atoms with Gasteiger partial charge in [0, 0.05) is 48.1 Å². The predicted molar refractivity (Wildman–Crippen MR) is 144 cm³/mol. The van der Waals surface area contributed by atoms with Gasteiger partial charge in [0.15, 0.2) is 5.16 Å². The standard InChI is InChI=1S/C26H30N8O2S/c1-16(35)31-19-9-7-17(8-10-19)23-21(13-27)24(28)34-25(33-23)37-14-20-6-4-5-18(32-20)11-12-22(36)30-15-26(2,3)29/h4-10H,11-12,14-15,29H2,1-3H3,(H,30,36)(H,31,35)(H2,28,33,34). The van der Waals surface area contributed by atoms with Crippen LogP contribution in [0.4, 0.5) is 11.5 Å². The predicted octanol–water partition coefficient (Wildman–Crippen LogP) is 3.03. The Morgan fingerprint density at radius 1 is 1.08 bits per heavy atom. The fraction of sp³-hybridized carbons (Fsp3) is 0.308. The molecule has 1 aromatic carbocycles. The van der Waals surface area contributed by atoms with Gasteiger partial charge >= 0.3 is 0 Å². The van der Waals surface area contributed by atoms with E-state index in [0.29, 0.717) is 47.2 Å². The number of carbonyl (C=O) groups is 2. The van der Waals surface area contributed by atoms with Crippen LogP contribution >= 0.6 is 11.8 Å². The fourth-order valence-corrected chi connectivity index (χ4v) is 4.06. The zero-order valence-electron chi connectivity index (χ0n) is 21.0. The molecule has 37 heavy (non-hydrogen) atoms. The molecule has 0 bridgehead atoms. The Morgan fingerprint density at radius 2 is 1.78 bits per heavy atom. The van der Waals surface area contributed by atoms with Crippen LogP contribution in [0.15, 0.2) is 47.6 Å². The van der Waals surface area contributed by atoms with Crippen LogP contribution < -0.4 is 22.1 Å². The lowest BCUT2D eigenvalue weighted by Gasteiger charge is -2.18. The topological polar surface area (TPSA) is 173 Å². The van der Waals surface area contributed by atoms with Gasteiger partial charge in [-0.05, 0) is 44.5 Å². The minimum absolute atomic E-state index is 0.0702. The van der Waals surface area contributed by atoms with Gasteiger partial charge < -0.3 is 22.1 Å². The summed E-state index contributed by atoms with van der Waals surface area (Å²) in [5.74, 6) is 0.328. The van der Waals surface area contributed by atoms with Gasteiger partial charge in [0.2, 0.25) is 11.8 Å². The number of carbonyl (C=O) groups excluding carboxylic acids is 2. The van der Waals surface area contributed by atoms with E-state index >= 15 is 0 Å². The van der Waals surface area contributed by atoms with Crippen LogP contribution in [-0.2, 0) is 21.8 Å². The number of nitrogens with zero attached hydrogens (tertiary/aromatic N) is 4. The first-order valence-electron chi connectivity index (χ1n) is 11.6. The quantitative estimate of drug-likeness (QED) is 0.232. The van der Waals surface area contributed by atoms with E-state index in [1.807, 2.05) is 32.0 Å². The van der Waals surface area contributed by atoms with Gasteiger partial charge in [-0.2, -0.15) is 5.26 Å². The minimum Gasteiger partial charge on any atom is -0.382 e. The molecule has 10 nitrogen and oxygen atoms in total. The van der Waals surface area contributed by atoms with Crippen molar-refractivity contribution in [2.24, 2.45) is 5.73 Å². The van der Waals surface area contributed by atoms with Crippen molar-refractivity contribution in [3.05, 3.63) is 59.4 Å². The molecule has 0 aliphatic rings. The van der Waals surface area contributed by atoms with Gasteiger partial charge in [0.05, 0.1) is 11.4 Å². The molecule has 11 heteroatoms. The van der Waals surface area contributed by atoms with E-state index in [1.54, 1.807) is 24.3 Å². The van der Waals surface area contributed by atoms with Crippen molar-refractivity contribution in [1.82, 2.24) is 20.3 Å². The second-order valence-corrected chi connectivity index (χ2v) is 10.1. The number of pyridine rings is 1. The highest BCUT2D eigenvalue weighted by Crippen LogP contribution is 2.29. The van der Waals surface area contributed by atoms with Crippen LogP contribution in [0.2, 0.25) is 0 Å². The average molecular weight is 519 g/mol. The molecule has 0 radical (unpaired) electrons. The van der Waals surface area contributed by atoms with Crippen molar-refractivity contribution in [2.45, 2.75) is 50.1 Å². The first kappa shape index (κ1) is 27.6. The summed E-state index contributed by atoms with van der Waals surface area (Å²) in [4.78, 5) is 36.9. The maximum absolute atomic E-state index is 12.1. The zero-order valence-corrected chi connectivity index (χ0v) is 21.9. The van der Waals surface area contributed by atoms with E-state index in [2.05, 4.69) is 31.7 Å². The number of hydrogen-bond acceptors (Lipinski definition) is 9. The summed E-state index contributed by atoms with van der Waals surface area (Å²) >= 11 is 1.35. The summed E-state index contributed by atoms with van der Waals surface area (Å²) in [5, 5.41) is 15.6. The summed E-state index contributed by atoms with van der Waals surface area (Å²) in [6, 6.07) is 14.7. The fourth-order valence-electron chi connectivity index (χ4n) is 3.30. The highest BCUT2D eigenvalue weighted by molar-refractivity contribution is 7.98. The number of nitrogen functional groups attached to an aromatic ring is 1. The Labute approximate surface area is 220 Å². The monoisotopic (exact) mass is 518 g/mol. The van der Waals surface area contributed by atoms with Gasteiger partial charge in [-0.3, -0.25) is 14.6 Å². The molecule has 0 spiro atoms. The minimum atomic E-state index is -0.460. The summed E-state index contributed by atoms with van der Waals surface area (Å²) in [6.45, 7) is 5.55. The van der Waals surface area contributed by atoms with E-state index in [-0.39, 0.29) is 23.2 Å². The van der Waals surface area contributed by atoms with Gasteiger partial charge in [-0.25, -0.2) is 9.97 Å². The molecule has 192 valence electrons. The lowest BCUT2D eigenvalue weighted by molar-refractivity contribution is -0.121. The lowest BCUT2D eigenvalue weighted by Crippen LogP contribution is -2.45. The van der Waals surface area contributed by atoms with Crippen molar-refractivity contribution in [1.29, 1.82) is 5.26 Å². The van der Waals surface area contributed by atoms with Crippen LogP contribution in [0.5, 0.6) is 0 Å². The molecule has 0 aliphatic heterocycles. The molecular formula is C26H30N8O2S. The van der Waals surface area contributed by atoms with E-state index < -0.39 is 5.54 Å². The van der Waals surface area contributed by atoms with E-state index in [9.17, 15) is 14.9 Å². The van der Waals surface area contributed by atoms with E-state index in [0.717, 1.165) is 11.4 Å². The summed E-state index contributed by atoms with van der Waals surface area (Å²) in [7, 11) is 0. The Kier molecular flexibility index (Phi) is 9.16. The second-order valence-electron chi connectivity index (χ2n) is 9.16. The van der Waals surface area contributed by atoms with Crippen molar-refractivity contribution in [3.8, 4) is 17.3 Å². The second kappa shape index (κ2) is 12.3. The van der Waals surface area contributed by atoms with Crippen LogP contribution in [0.25, 0.3) is 11.3 Å². The summed E-state index contributed by atoms with van der Waals surface area (Å²) in [5.41, 5.74) is 15.0. The third kappa shape index (κ3) is 8.56.